The Morgan fingerprint density at radius 3 is 2.71 bits per heavy atom. The Bertz CT molecular complexity index is 357. The fraction of sp³-hybridized carbons (Fsp3) is 0.364. The molecular weight excluding hydrogens is 263 g/mol. The molecule has 6 heteroatoms. The maximum absolute atomic E-state index is 11.6. The number of carbonyl (C=O) groups excluding carboxylic acids is 1. The van der Waals surface area contributed by atoms with Crippen LogP contribution in [0.1, 0.15) is 6.42 Å². The smallest absolute Gasteiger partial charge is 0.227 e. The van der Waals surface area contributed by atoms with E-state index in [0.717, 1.165) is 0 Å². The number of anilines is 1. The monoisotopic (exact) mass is 278 g/mol. The summed E-state index contributed by atoms with van der Waals surface area (Å²) in [5, 5.41) is 3.21. The first-order valence-electron chi connectivity index (χ1n) is 4.94. The van der Waals surface area contributed by atoms with Crippen LogP contribution in [0.15, 0.2) is 24.3 Å². The molecule has 1 atom stereocenters. The van der Waals surface area contributed by atoms with Gasteiger partial charge in [-0.2, -0.15) is 0 Å². The Labute approximate surface area is 112 Å². The highest BCUT2D eigenvalue weighted by atomic mass is 35.5. The minimum absolute atomic E-state index is 0. The predicted octanol–water partition coefficient (Wildman–Crippen LogP) is 2.06. The number of methoxy groups -OCH3 is 1. The summed E-state index contributed by atoms with van der Waals surface area (Å²) >= 11 is 5.90. The summed E-state index contributed by atoms with van der Waals surface area (Å²) in [5.74, 6) is -0.162. The quantitative estimate of drug-likeness (QED) is 0.867. The molecule has 1 amide bonds. The molecule has 1 unspecified atom stereocenters. The lowest BCUT2D eigenvalue weighted by atomic mass is 10.2. The third-order valence-electron chi connectivity index (χ3n) is 2.16. The molecule has 0 heterocycles. The van der Waals surface area contributed by atoms with Crippen LogP contribution in [0.3, 0.4) is 0 Å². The van der Waals surface area contributed by atoms with Crippen molar-refractivity contribution in [1.29, 1.82) is 0 Å². The van der Waals surface area contributed by atoms with E-state index >= 15 is 0 Å². The SMILES string of the molecule is COC(CN)CC(=O)Nc1ccccc1Cl.Cl. The van der Waals surface area contributed by atoms with Gasteiger partial charge in [0.05, 0.1) is 23.2 Å². The topological polar surface area (TPSA) is 64.3 Å². The van der Waals surface area contributed by atoms with Crippen LogP contribution in [0, 0.1) is 0 Å². The Kier molecular flexibility index (Phi) is 7.91. The number of para-hydroxylation sites is 1. The number of hydrogen-bond donors (Lipinski definition) is 2. The fourth-order valence-electron chi connectivity index (χ4n) is 1.23. The van der Waals surface area contributed by atoms with Crippen molar-refractivity contribution in [2.24, 2.45) is 5.73 Å². The van der Waals surface area contributed by atoms with Crippen molar-refractivity contribution in [3.8, 4) is 0 Å². The third-order valence-corrected chi connectivity index (χ3v) is 2.49. The molecular formula is C11H16Cl2N2O2. The second-order valence-corrected chi connectivity index (χ2v) is 3.73. The standard InChI is InChI=1S/C11H15ClN2O2.ClH/c1-16-8(7-13)6-11(15)14-10-5-3-2-4-9(10)12;/h2-5,8H,6-7,13H2,1H3,(H,14,15);1H. The van der Waals surface area contributed by atoms with Crippen molar-refractivity contribution >= 4 is 35.6 Å². The Morgan fingerprint density at radius 1 is 1.53 bits per heavy atom. The van der Waals surface area contributed by atoms with Crippen LogP contribution in [-0.4, -0.2) is 25.7 Å². The zero-order valence-electron chi connectivity index (χ0n) is 9.48. The van der Waals surface area contributed by atoms with Gasteiger partial charge in [0.1, 0.15) is 0 Å². The second-order valence-electron chi connectivity index (χ2n) is 3.33. The van der Waals surface area contributed by atoms with Gasteiger partial charge in [0.25, 0.3) is 0 Å². The number of benzene rings is 1. The Balaban J connectivity index is 0.00000256. The van der Waals surface area contributed by atoms with Gasteiger partial charge in [0.15, 0.2) is 0 Å². The summed E-state index contributed by atoms with van der Waals surface area (Å²) in [7, 11) is 1.53. The van der Waals surface area contributed by atoms with Crippen molar-refractivity contribution < 1.29 is 9.53 Å². The van der Waals surface area contributed by atoms with Crippen LogP contribution in [0.25, 0.3) is 0 Å². The average Bonchev–Trinajstić information content (AvgIpc) is 2.29. The zero-order chi connectivity index (χ0) is 12.0. The predicted molar refractivity (Wildman–Crippen MR) is 71.8 cm³/mol. The molecule has 1 aromatic carbocycles. The highest BCUT2D eigenvalue weighted by molar-refractivity contribution is 6.33. The number of amides is 1. The van der Waals surface area contributed by atoms with Crippen molar-refractivity contribution in [1.82, 2.24) is 0 Å². The van der Waals surface area contributed by atoms with Crippen molar-refractivity contribution in [3.05, 3.63) is 29.3 Å². The molecule has 0 spiro atoms. The van der Waals surface area contributed by atoms with E-state index in [1.54, 1.807) is 24.3 Å². The molecule has 0 saturated carbocycles. The first-order chi connectivity index (χ1) is 7.67. The number of nitrogens with one attached hydrogen (secondary N) is 1. The first-order valence-corrected chi connectivity index (χ1v) is 5.32. The maximum atomic E-state index is 11.6. The molecule has 1 aromatic rings. The molecule has 0 fully saturated rings. The van der Waals surface area contributed by atoms with E-state index in [2.05, 4.69) is 5.32 Å². The van der Waals surface area contributed by atoms with Gasteiger partial charge in [0.2, 0.25) is 5.91 Å². The van der Waals surface area contributed by atoms with Crippen LogP contribution in [0.4, 0.5) is 5.69 Å². The maximum Gasteiger partial charge on any atom is 0.227 e. The van der Waals surface area contributed by atoms with Gasteiger partial charge in [-0.25, -0.2) is 0 Å². The zero-order valence-corrected chi connectivity index (χ0v) is 11.1. The van der Waals surface area contributed by atoms with Crippen molar-refractivity contribution in [2.75, 3.05) is 19.0 Å². The summed E-state index contributed by atoms with van der Waals surface area (Å²) in [6, 6.07) is 7.06. The van der Waals surface area contributed by atoms with Crippen LogP contribution in [-0.2, 0) is 9.53 Å². The second kappa shape index (κ2) is 8.31. The average molecular weight is 279 g/mol. The van der Waals surface area contributed by atoms with Gasteiger partial charge in [-0.05, 0) is 12.1 Å². The molecule has 17 heavy (non-hydrogen) atoms. The number of hydrogen-bond acceptors (Lipinski definition) is 3. The lowest BCUT2D eigenvalue weighted by molar-refractivity contribution is -0.118. The minimum atomic E-state index is -0.262. The van der Waals surface area contributed by atoms with E-state index in [0.29, 0.717) is 17.3 Å². The van der Waals surface area contributed by atoms with E-state index in [-0.39, 0.29) is 30.8 Å². The van der Waals surface area contributed by atoms with Crippen LogP contribution >= 0.6 is 24.0 Å². The molecule has 96 valence electrons. The summed E-state index contributed by atoms with van der Waals surface area (Å²) in [6.45, 7) is 0.312. The number of rotatable bonds is 5. The van der Waals surface area contributed by atoms with Gasteiger partial charge in [-0.1, -0.05) is 23.7 Å². The molecule has 0 aliphatic carbocycles. The number of halogens is 2. The normalized spacial score (nSPS) is 11.5. The molecule has 0 aliphatic rings. The van der Waals surface area contributed by atoms with Gasteiger partial charge < -0.3 is 15.8 Å². The molecule has 4 nitrogen and oxygen atoms in total. The van der Waals surface area contributed by atoms with Crippen molar-refractivity contribution in [2.45, 2.75) is 12.5 Å². The molecule has 0 saturated heterocycles. The molecule has 0 radical (unpaired) electrons. The largest absolute Gasteiger partial charge is 0.380 e. The molecule has 1 rings (SSSR count). The molecule has 0 bridgehead atoms. The number of nitrogens with two attached hydrogens (primary N) is 1. The lowest BCUT2D eigenvalue weighted by Gasteiger charge is -2.13. The van der Waals surface area contributed by atoms with E-state index in [1.165, 1.54) is 7.11 Å². The fourth-order valence-corrected chi connectivity index (χ4v) is 1.42. The van der Waals surface area contributed by atoms with E-state index in [9.17, 15) is 4.79 Å². The highest BCUT2D eigenvalue weighted by Crippen LogP contribution is 2.20. The van der Waals surface area contributed by atoms with Gasteiger partial charge >= 0.3 is 0 Å². The van der Waals surface area contributed by atoms with E-state index < -0.39 is 0 Å². The molecule has 0 aromatic heterocycles. The summed E-state index contributed by atoms with van der Waals surface area (Å²) in [5.41, 5.74) is 6.02. The van der Waals surface area contributed by atoms with Gasteiger partial charge in [-0.3, -0.25) is 4.79 Å². The number of carbonyl (C=O) groups is 1. The van der Waals surface area contributed by atoms with E-state index in [1.807, 2.05) is 0 Å². The summed E-state index contributed by atoms with van der Waals surface area (Å²) in [4.78, 5) is 11.6. The van der Waals surface area contributed by atoms with E-state index in [4.69, 9.17) is 22.1 Å². The molecule has 3 N–H and O–H groups in total. The van der Waals surface area contributed by atoms with Gasteiger partial charge in [-0.15, -0.1) is 12.4 Å². The first kappa shape index (κ1) is 16.2. The summed E-state index contributed by atoms with van der Waals surface area (Å²) < 4.78 is 5.02. The summed E-state index contributed by atoms with van der Waals surface area (Å²) in [6.07, 6.45) is -0.0411. The minimum Gasteiger partial charge on any atom is -0.380 e. The Hall–Kier alpha value is -0.810. The third kappa shape index (κ3) is 5.37. The van der Waals surface area contributed by atoms with Crippen molar-refractivity contribution in [3.63, 3.8) is 0 Å². The highest BCUT2D eigenvalue weighted by Gasteiger charge is 2.12. The lowest BCUT2D eigenvalue weighted by Crippen LogP contribution is -2.28. The van der Waals surface area contributed by atoms with Gasteiger partial charge in [0, 0.05) is 13.7 Å². The molecule has 0 aliphatic heterocycles. The number of ether oxygens (including phenoxy) is 1. The van der Waals surface area contributed by atoms with Crippen LogP contribution in [0.5, 0.6) is 0 Å². The van der Waals surface area contributed by atoms with Crippen LogP contribution in [0.2, 0.25) is 5.02 Å². The Morgan fingerprint density at radius 2 is 2.18 bits per heavy atom. The van der Waals surface area contributed by atoms with Crippen LogP contribution < -0.4 is 11.1 Å².